The molecule has 1 rings (SSSR count). The van der Waals surface area contributed by atoms with E-state index in [1.807, 2.05) is 0 Å². The zero-order chi connectivity index (χ0) is 14.2. The van der Waals surface area contributed by atoms with Crippen LogP contribution in [0.2, 0.25) is 0 Å². The summed E-state index contributed by atoms with van der Waals surface area (Å²) < 4.78 is 0. The van der Waals surface area contributed by atoms with Crippen molar-refractivity contribution >= 4 is 0 Å². The molecule has 0 spiro atoms. The van der Waals surface area contributed by atoms with Crippen LogP contribution in [0, 0.1) is 11.8 Å². The normalized spacial score (nSPS) is 19.3. The summed E-state index contributed by atoms with van der Waals surface area (Å²) in [6.45, 7) is 15.8. The molecule has 1 fully saturated rings. The van der Waals surface area contributed by atoms with E-state index in [4.69, 9.17) is 0 Å². The van der Waals surface area contributed by atoms with Gasteiger partial charge in [-0.15, -0.1) is 0 Å². The lowest BCUT2D eigenvalue weighted by Gasteiger charge is -2.14. The summed E-state index contributed by atoms with van der Waals surface area (Å²) in [4.78, 5) is 0. The predicted octanol–water partition coefficient (Wildman–Crippen LogP) is 5.64. The SMILES string of the molecule is CCC.CCCC.CCCC(C)CC1CCNC1. The molecule has 0 radical (unpaired) electrons. The van der Waals surface area contributed by atoms with Crippen LogP contribution in [0.25, 0.3) is 0 Å². The molecule has 0 aromatic rings. The average molecular weight is 258 g/mol. The molecule has 0 saturated carbocycles. The van der Waals surface area contributed by atoms with Crippen LogP contribution in [0.1, 0.15) is 86.5 Å². The highest BCUT2D eigenvalue weighted by atomic mass is 14.9. The fraction of sp³-hybridized carbons (Fsp3) is 1.00. The van der Waals surface area contributed by atoms with Gasteiger partial charge in [-0.25, -0.2) is 0 Å². The molecule has 0 aromatic carbocycles. The number of hydrogen-bond donors (Lipinski definition) is 1. The first kappa shape index (κ1) is 20.3. The minimum Gasteiger partial charge on any atom is -0.316 e. The largest absolute Gasteiger partial charge is 0.316 e. The fourth-order valence-electron chi connectivity index (χ4n) is 2.10. The topological polar surface area (TPSA) is 12.0 Å². The van der Waals surface area contributed by atoms with Gasteiger partial charge in [0, 0.05) is 0 Å². The summed E-state index contributed by atoms with van der Waals surface area (Å²) >= 11 is 0. The van der Waals surface area contributed by atoms with Gasteiger partial charge in [0.25, 0.3) is 0 Å². The van der Waals surface area contributed by atoms with Crippen molar-refractivity contribution < 1.29 is 0 Å². The summed E-state index contributed by atoms with van der Waals surface area (Å²) in [5, 5.41) is 3.42. The van der Waals surface area contributed by atoms with Gasteiger partial charge in [-0.3, -0.25) is 0 Å². The first-order valence-corrected chi connectivity index (χ1v) is 8.36. The maximum absolute atomic E-state index is 3.42. The fourth-order valence-corrected chi connectivity index (χ4v) is 2.10. The highest BCUT2D eigenvalue weighted by Crippen LogP contribution is 2.20. The lowest BCUT2D eigenvalue weighted by Crippen LogP contribution is -2.11. The van der Waals surface area contributed by atoms with E-state index in [9.17, 15) is 0 Å². The number of nitrogens with one attached hydrogen (secondary N) is 1. The summed E-state index contributed by atoms with van der Waals surface area (Å²) in [5.41, 5.74) is 0. The summed E-state index contributed by atoms with van der Waals surface area (Å²) in [5.74, 6) is 1.93. The minimum atomic E-state index is 0.949. The van der Waals surface area contributed by atoms with Gasteiger partial charge in [-0.05, 0) is 37.8 Å². The molecule has 1 nitrogen and oxygen atoms in total. The second-order valence-electron chi connectivity index (χ2n) is 5.70. The van der Waals surface area contributed by atoms with E-state index >= 15 is 0 Å². The molecule has 2 atom stereocenters. The van der Waals surface area contributed by atoms with E-state index in [1.165, 1.54) is 58.0 Å². The van der Waals surface area contributed by atoms with Crippen LogP contribution in [-0.4, -0.2) is 13.1 Å². The van der Waals surface area contributed by atoms with Crippen LogP contribution in [0.5, 0.6) is 0 Å². The molecule has 1 aliphatic heterocycles. The molecule has 112 valence electrons. The second kappa shape index (κ2) is 17.0. The van der Waals surface area contributed by atoms with E-state index in [0.29, 0.717) is 0 Å². The summed E-state index contributed by atoms with van der Waals surface area (Å²) in [7, 11) is 0. The second-order valence-corrected chi connectivity index (χ2v) is 5.70. The lowest BCUT2D eigenvalue weighted by atomic mass is 9.92. The zero-order valence-electron chi connectivity index (χ0n) is 14.0. The van der Waals surface area contributed by atoms with Crippen molar-refractivity contribution in [3.63, 3.8) is 0 Å². The third-order valence-electron chi connectivity index (χ3n) is 3.18. The van der Waals surface area contributed by atoms with E-state index < -0.39 is 0 Å². The van der Waals surface area contributed by atoms with Gasteiger partial charge < -0.3 is 5.32 Å². The van der Waals surface area contributed by atoms with Crippen LogP contribution in [0.15, 0.2) is 0 Å². The van der Waals surface area contributed by atoms with Gasteiger partial charge in [0.2, 0.25) is 0 Å². The molecule has 0 aliphatic carbocycles. The smallest absolute Gasteiger partial charge is 0.00199 e. The van der Waals surface area contributed by atoms with Gasteiger partial charge in [-0.2, -0.15) is 0 Å². The molecular weight excluding hydrogens is 218 g/mol. The lowest BCUT2D eigenvalue weighted by molar-refractivity contribution is 0.391. The van der Waals surface area contributed by atoms with E-state index in [-0.39, 0.29) is 0 Å². The molecular formula is C17H39N. The van der Waals surface area contributed by atoms with E-state index in [0.717, 1.165) is 11.8 Å². The Bertz CT molecular complexity index is 126. The zero-order valence-corrected chi connectivity index (χ0v) is 14.0. The molecule has 1 aliphatic rings. The molecule has 1 heteroatoms. The highest BCUT2D eigenvalue weighted by molar-refractivity contribution is 4.72. The molecule has 1 N–H and O–H groups in total. The Morgan fingerprint density at radius 2 is 1.56 bits per heavy atom. The molecule has 1 heterocycles. The van der Waals surface area contributed by atoms with Gasteiger partial charge in [0.1, 0.15) is 0 Å². The van der Waals surface area contributed by atoms with Crippen molar-refractivity contribution in [2.75, 3.05) is 13.1 Å². The molecule has 18 heavy (non-hydrogen) atoms. The Hall–Kier alpha value is -0.0400. The van der Waals surface area contributed by atoms with Gasteiger partial charge >= 0.3 is 0 Å². The van der Waals surface area contributed by atoms with Crippen LogP contribution in [-0.2, 0) is 0 Å². The Balaban J connectivity index is 0. The first-order valence-electron chi connectivity index (χ1n) is 8.36. The van der Waals surface area contributed by atoms with Crippen LogP contribution >= 0.6 is 0 Å². The number of hydrogen-bond acceptors (Lipinski definition) is 1. The third-order valence-corrected chi connectivity index (χ3v) is 3.18. The first-order chi connectivity index (χ1) is 8.65. The van der Waals surface area contributed by atoms with Crippen LogP contribution < -0.4 is 5.32 Å². The van der Waals surface area contributed by atoms with Gasteiger partial charge in [0.15, 0.2) is 0 Å². The Morgan fingerprint density at radius 3 is 1.89 bits per heavy atom. The van der Waals surface area contributed by atoms with Crippen molar-refractivity contribution in [3.05, 3.63) is 0 Å². The van der Waals surface area contributed by atoms with Crippen molar-refractivity contribution in [1.82, 2.24) is 5.32 Å². The Morgan fingerprint density at radius 1 is 1.00 bits per heavy atom. The Kier molecular flexibility index (Phi) is 19.1. The van der Waals surface area contributed by atoms with Gasteiger partial charge in [0.05, 0.1) is 0 Å². The summed E-state index contributed by atoms with van der Waals surface area (Å²) in [6.07, 6.45) is 9.51. The number of unbranched alkanes of at least 4 members (excludes halogenated alkanes) is 1. The highest BCUT2D eigenvalue weighted by Gasteiger charge is 2.16. The maximum atomic E-state index is 3.42. The molecule has 1 saturated heterocycles. The van der Waals surface area contributed by atoms with E-state index in [1.54, 1.807) is 0 Å². The molecule has 0 bridgehead atoms. The van der Waals surface area contributed by atoms with E-state index in [2.05, 4.69) is 46.9 Å². The molecule has 2 unspecified atom stereocenters. The molecule has 0 aromatic heterocycles. The molecule has 0 amide bonds. The van der Waals surface area contributed by atoms with Gasteiger partial charge in [-0.1, -0.05) is 73.6 Å². The quantitative estimate of drug-likeness (QED) is 0.671. The standard InChI is InChI=1S/C10H21N.C4H10.C3H8/c1-3-4-9(2)7-10-5-6-11-8-10;1-3-4-2;1-3-2/h9-11H,3-8H2,1-2H3;3-4H2,1-2H3;3H2,1-2H3. The van der Waals surface area contributed by atoms with Crippen molar-refractivity contribution in [3.8, 4) is 0 Å². The Labute approximate surface area is 117 Å². The van der Waals surface area contributed by atoms with Crippen molar-refractivity contribution in [1.29, 1.82) is 0 Å². The van der Waals surface area contributed by atoms with Crippen molar-refractivity contribution in [2.45, 2.75) is 86.5 Å². The minimum absolute atomic E-state index is 0.949. The number of rotatable bonds is 5. The average Bonchev–Trinajstić information content (AvgIpc) is 2.83. The predicted molar refractivity (Wildman–Crippen MR) is 86.2 cm³/mol. The van der Waals surface area contributed by atoms with Crippen LogP contribution in [0.4, 0.5) is 0 Å². The maximum Gasteiger partial charge on any atom is -0.00199 e. The monoisotopic (exact) mass is 257 g/mol. The van der Waals surface area contributed by atoms with Crippen molar-refractivity contribution in [2.24, 2.45) is 11.8 Å². The summed E-state index contributed by atoms with van der Waals surface area (Å²) in [6, 6.07) is 0. The van der Waals surface area contributed by atoms with Crippen LogP contribution in [0.3, 0.4) is 0 Å². The third kappa shape index (κ3) is 16.0.